The van der Waals surface area contributed by atoms with Gasteiger partial charge < -0.3 is 9.64 Å². The largest absolute Gasteiger partial charge is 0.497 e. The van der Waals surface area contributed by atoms with Gasteiger partial charge in [-0.15, -0.1) is 0 Å². The summed E-state index contributed by atoms with van der Waals surface area (Å²) in [6.45, 7) is 10.7. The Labute approximate surface area is 202 Å². The van der Waals surface area contributed by atoms with E-state index in [1.54, 1.807) is 7.11 Å². The molecule has 34 heavy (non-hydrogen) atoms. The fourth-order valence-corrected chi connectivity index (χ4v) is 5.19. The second kappa shape index (κ2) is 9.02. The van der Waals surface area contributed by atoms with E-state index < -0.39 is 0 Å². The van der Waals surface area contributed by atoms with E-state index in [9.17, 15) is 0 Å². The molecule has 2 heterocycles. The van der Waals surface area contributed by atoms with Crippen LogP contribution in [-0.2, 0) is 13.0 Å². The summed E-state index contributed by atoms with van der Waals surface area (Å²) in [6.07, 6.45) is 0.933. The number of aryl methyl sites for hydroxylation is 2. The maximum absolute atomic E-state index is 5.43. The molecular weight excluding hydrogens is 418 g/mol. The van der Waals surface area contributed by atoms with Crippen molar-refractivity contribution in [2.45, 2.75) is 46.6 Å². The van der Waals surface area contributed by atoms with Gasteiger partial charge in [-0.2, -0.15) is 5.10 Å². The summed E-state index contributed by atoms with van der Waals surface area (Å²) in [5.74, 6) is 1.35. The zero-order valence-corrected chi connectivity index (χ0v) is 20.8. The molecule has 3 aromatic carbocycles. The molecule has 0 unspecified atom stereocenters. The number of fused-ring (bicyclic) bond motifs is 1. The maximum atomic E-state index is 5.43. The highest BCUT2D eigenvalue weighted by atomic mass is 16.5. The molecule has 0 saturated heterocycles. The first-order valence-electron chi connectivity index (χ1n) is 12.1. The molecule has 0 bridgehead atoms. The molecule has 1 aliphatic rings. The van der Waals surface area contributed by atoms with Crippen LogP contribution in [0.15, 0.2) is 66.7 Å². The molecule has 1 aliphatic heterocycles. The fraction of sp³-hybridized carbons (Fsp3) is 0.300. The average Bonchev–Trinajstić information content (AvgIpc) is 3.22. The Morgan fingerprint density at radius 2 is 1.59 bits per heavy atom. The summed E-state index contributed by atoms with van der Waals surface area (Å²) in [5, 5.41) is 5.21. The number of ether oxygens (including phenoxy) is 1. The van der Waals surface area contributed by atoms with Gasteiger partial charge in [-0.05, 0) is 66.8 Å². The summed E-state index contributed by atoms with van der Waals surface area (Å²) in [4.78, 5) is 2.53. The standard InChI is InChI=1S/C30H33N3O/c1-20(2)25-11-6-7-12-28(25)32-18-17-27-26(19-32)30(23-13-15-24(34-5)16-14-23)33(31-27)29-21(3)9-8-10-22(29)4/h6-16,20H,17-19H2,1-5H3. The lowest BCUT2D eigenvalue weighted by molar-refractivity contribution is 0.415. The second-order valence-corrected chi connectivity index (χ2v) is 9.54. The highest BCUT2D eigenvalue weighted by Gasteiger charge is 2.28. The molecule has 4 aromatic rings. The van der Waals surface area contributed by atoms with Crippen LogP contribution >= 0.6 is 0 Å². The molecule has 0 saturated carbocycles. The van der Waals surface area contributed by atoms with E-state index in [0.717, 1.165) is 30.8 Å². The predicted molar refractivity (Wildman–Crippen MR) is 140 cm³/mol. The lowest BCUT2D eigenvalue weighted by Crippen LogP contribution is -2.31. The van der Waals surface area contributed by atoms with E-state index in [-0.39, 0.29) is 0 Å². The van der Waals surface area contributed by atoms with Crippen LogP contribution in [0, 0.1) is 13.8 Å². The van der Waals surface area contributed by atoms with Gasteiger partial charge in [-0.1, -0.05) is 50.2 Å². The molecule has 0 N–H and O–H groups in total. The van der Waals surface area contributed by atoms with E-state index in [1.807, 2.05) is 12.1 Å². The van der Waals surface area contributed by atoms with Crippen molar-refractivity contribution >= 4 is 5.69 Å². The molecule has 1 aromatic heterocycles. The minimum atomic E-state index is 0.482. The van der Waals surface area contributed by atoms with Crippen LogP contribution in [-0.4, -0.2) is 23.4 Å². The molecule has 0 amide bonds. The lowest BCUT2D eigenvalue weighted by atomic mass is 9.96. The Kier molecular flexibility index (Phi) is 5.91. The number of anilines is 1. The normalized spacial score (nSPS) is 13.3. The maximum Gasteiger partial charge on any atom is 0.118 e. The number of methoxy groups -OCH3 is 1. The molecule has 0 aliphatic carbocycles. The molecule has 5 rings (SSSR count). The molecule has 0 atom stereocenters. The van der Waals surface area contributed by atoms with E-state index in [4.69, 9.17) is 9.84 Å². The van der Waals surface area contributed by atoms with Gasteiger partial charge >= 0.3 is 0 Å². The Balaban J connectivity index is 1.68. The van der Waals surface area contributed by atoms with E-state index >= 15 is 0 Å². The van der Waals surface area contributed by atoms with E-state index in [1.165, 1.54) is 45.0 Å². The molecule has 174 valence electrons. The van der Waals surface area contributed by atoms with Gasteiger partial charge in [0, 0.05) is 36.3 Å². The minimum absolute atomic E-state index is 0.482. The van der Waals surface area contributed by atoms with Gasteiger partial charge in [0.05, 0.1) is 24.2 Å². The third-order valence-electron chi connectivity index (χ3n) is 6.95. The number of benzene rings is 3. The topological polar surface area (TPSA) is 30.3 Å². The van der Waals surface area contributed by atoms with E-state index in [2.05, 4.69) is 91.9 Å². The lowest BCUT2D eigenvalue weighted by Gasteiger charge is -2.31. The zero-order chi connectivity index (χ0) is 23.8. The number of para-hydroxylation sites is 2. The van der Waals surface area contributed by atoms with Crippen LogP contribution < -0.4 is 9.64 Å². The first-order chi connectivity index (χ1) is 16.5. The quantitative estimate of drug-likeness (QED) is 0.332. The van der Waals surface area contributed by atoms with Gasteiger partial charge in [-0.3, -0.25) is 0 Å². The monoisotopic (exact) mass is 451 g/mol. The average molecular weight is 452 g/mol. The third kappa shape index (κ3) is 3.87. The van der Waals surface area contributed by atoms with Crippen molar-refractivity contribution in [1.82, 2.24) is 9.78 Å². The first-order valence-corrected chi connectivity index (χ1v) is 12.1. The van der Waals surface area contributed by atoms with Crippen molar-refractivity contribution in [3.05, 3.63) is 94.7 Å². The smallest absolute Gasteiger partial charge is 0.118 e. The second-order valence-electron chi connectivity index (χ2n) is 9.54. The molecule has 4 nitrogen and oxygen atoms in total. The van der Waals surface area contributed by atoms with Gasteiger partial charge in [0.2, 0.25) is 0 Å². The van der Waals surface area contributed by atoms with Crippen molar-refractivity contribution in [2.75, 3.05) is 18.6 Å². The van der Waals surface area contributed by atoms with Crippen LogP contribution in [0.5, 0.6) is 5.75 Å². The van der Waals surface area contributed by atoms with Crippen molar-refractivity contribution in [3.63, 3.8) is 0 Å². The fourth-order valence-electron chi connectivity index (χ4n) is 5.19. The van der Waals surface area contributed by atoms with Crippen molar-refractivity contribution in [2.24, 2.45) is 0 Å². The van der Waals surface area contributed by atoms with Crippen LogP contribution in [0.1, 0.15) is 47.7 Å². The number of rotatable bonds is 5. The molecule has 4 heteroatoms. The Bertz CT molecular complexity index is 1300. The van der Waals surface area contributed by atoms with E-state index in [0.29, 0.717) is 5.92 Å². The Morgan fingerprint density at radius 3 is 2.26 bits per heavy atom. The molecular formula is C30H33N3O. The molecule has 0 spiro atoms. The summed E-state index contributed by atoms with van der Waals surface area (Å²) >= 11 is 0. The number of nitrogens with zero attached hydrogens (tertiary/aromatic N) is 3. The number of aromatic nitrogens is 2. The van der Waals surface area contributed by atoms with Crippen LogP contribution in [0.2, 0.25) is 0 Å². The SMILES string of the molecule is COc1ccc(-c2c3c(nn2-c2c(C)cccc2C)CCN(c2ccccc2C(C)C)C3)cc1. The number of hydrogen-bond donors (Lipinski definition) is 0. The van der Waals surface area contributed by atoms with Crippen LogP contribution in [0.3, 0.4) is 0 Å². The van der Waals surface area contributed by atoms with Crippen molar-refractivity contribution in [3.8, 4) is 22.7 Å². The summed E-state index contributed by atoms with van der Waals surface area (Å²) in [5.41, 5.74) is 11.2. The van der Waals surface area contributed by atoms with Crippen LogP contribution in [0.4, 0.5) is 5.69 Å². The highest BCUT2D eigenvalue weighted by Crippen LogP contribution is 2.38. The third-order valence-corrected chi connectivity index (χ3v) is 6.95. The predicted octanol–water partition coefficient (Wildman–Crippen LogP) is 6.85. The zero-order valence-electron chi connectivity index (χ0n) is 20.8. The van der Waals surface area contributed by atoms with Crippen LogP contribution in [0.25, 0.3) is 16.9 Å². The van der Waals surface area contributed by atoms with Gasteiger partial charge in [0.1, 0.15) is 5.75 Å². The van der Waals surface area contributed by atoms with Gasteiger partial charge in [0.15, 0.2) is 0 Å². The summed E-state index contributed by atoms with van der Waals surface area (Å²) in [7, 11) is 1.71. The number of hydrogen-bond acceptors (Lipinski definition) is 3. The van der Waals surface area contributed by atoms with Gasteiger partial charge in [0.25, 0.3) is 0 Å². The molecule has 0 radical (unpaired) electrons. The summed E-state index contributed by atoms with van der Waals surface area (Å²) in [6, 6.07) is 23.7. The van der Waals surface area contributed by atoms with Crippen molar-refractivity contribution < 1.29 is 4.74 Å². The first kappa shape index (κ1) is 22.3. The summed E-state index contributed by atoms with van der Waals surface area (Å²) < 4.78 is 7.62. The highest BCUT2D eigenvalue weighted by molar-refractivity contribution is 5.71. The Hall–Kier alpha value is -3.53. The van der Waals surface area contributed by atoms with Crippen molar-refractivity contribution in [1.29, 1.82) is 0 Å². The molecule has 0 fully saturated rings. The minimum Gasteiger partial charge on any atom is -0.497 e. The Morgan fingerprint density at radius 1 is 0.882 bits per heavy atom. The van der Waals surface area contributed by atoms with Gasteiger partial charge in [-0.25, -0.2) is 4.68 Å².